The lowest BCUT2D eigenvalue weighted by atomic mass is 9.55. The number of ether oxygens (including phenoxy) is 1. The topological polar surface area (TPSA) is 29.5 Å². The van der Waals surface area contributed by atoms with E-state index in [4.69, 9.17) is 4.74 Å². The first kappa shape index (κ1) is 12.4. The van der Waals surface area contributed by atoms with E-state index in [1.165, 1.54) is 25.7 Å². The van der Waals surface area contributed by atoms with Gasteiger partial charge >= 0.3 is 0 Å². The van der Waals surface area contributed by atoms with E-state index in [1.54, 1.807) is 7.11 Å². The van der Waals surface area contributed by atoms with Gasteiger partial charge in [0.15, 0.2) is 0 Å². The van der Waals surface area contributed by atoms with E-state index in [0.29, 0.717) is 6.61 Å². The lowest BCUT2D eigenvalue weighted by Crippen LogP contribution is -2.54. The summed E-state index contributed by atoms with van der Waals surface area (Å²) in [4.78, 5) is 0. The van der Waals surface area contributed by atoms with Gasteiger partial charge in [0, 0.05) is 12.5 Å². The first-order valence-corrected chi connectivity index (χ1v) is 6.70. The maximum atomic E-state index is 10.7. The number of aliphatic hydroxyl groups is 1. The zero-order valence-corrected chi connectivity index (χ0v) is 11.0. The summed E-state index contributed by atoms with van der Waals surface area (Å²) in [5.74, 6) is 1.59. The molecule has 2 aliphatic rings. The standard InChI is InChI=1S/C14H26O2/c1-13(10-16-3)8-11-6-4-5-7-12(11)9-14(13,2)15/h11-12,15H,4-10H2,1-3H3/t11-,12+,13-,14+/m0/s1. The molecule has 2 rings (SSSR count). The lowest BCUT2D eigenvalue weighted by molar-refractivity contribution is -0.155. The molecule has 0 amide bonds. The fourth-order valence-electron chi connectivity index (χ4n) is 3.91. The van der Waals surface area contributed by atoms with Gasteiger partial charge in [0.1, 0.15) is 0 Å². The summed E-state index contributed by atoms with van der Waals surface area (Å²) in [5.41, 5.74) is -0.609. The smallest absolute Gasteiger partial charge is 0.0697 e. The molecule has 0 saturated heterocycles. The molecule has 2 nitrogen and oxygen atoms in total. The lowest BCUT2D eigenvalue weighted by Gasteiger charge is -2.53. The predicted octanol–water partition coefficient (Wildman–Crippen LogP) is 2.99. The van der Waals surface area contributed by atoms with E-state index in [2.05, 4.69) is 6.92 Å². The zero-order chi connectivity index (χ0) is 11.8. The van der Waals surface area contributed by atoms with Gasteiger partial charge in [-0.1, -0.05) is 32.6 Å². The summed E-state index contributed by atoms with van der Waals surface area (Å²) in [5, 5.41) is 10.7. The molecule has 0 aliphatic heterocycles. The van der Waals surface area contributed by atoms with E-state index in [0.717, 1.165) is 24.7 Å². The van der Waals surface area contributed by atoms with Crippen LogP contribution in [0.15, 0.2) is 0 Å². The van der Waals surface area contributed by atoms with Crippen LogP contribution >= 0.6 is 0 Å². The Labute approximate surface area is 99.4 Å². The molecule has 0 spiro atoms. The molecule has 0 radical (unpaired) electrons. The van der Waals surface area contributed by atoms with Crippen molar-refractivity contribution in [2.45, 2.75) is 58.0 Å². The average Bonchev–Trinajstić information content (AvgIpc) is 2.19. The Kier molecular flexibility index (Phi) is 3.33. The molecule has 4 atom stereocenters. The number of hydrogen-bond donors (Lipinski definition) is 1. The summed E-state index contributed by atoms with van der Waals surface area (Å²) in [6, 6.07) is 0. The first-order chi connectivity index (χ1) is 7.48. The van der Waals surface area contributed by atoms with Crippen molar-refractivity contribution < 1.29 is 9.84 Å². The Morgan fingerprint density at radius 2 is 1.69 bits per heavy atom. The van der Waals surface area contributed by atoms with Crippen LogP contribution in [0.3, 0.4) is 0 Å². The Balaban J connectivity index is 2.14. The van der Waals surface area contributed by atoms with Crippen molar-refractivity contribution >= 4 is 0 Å². The SMILES string of the molecule is COC[C@]1(C)C[C@@H]2CCCC[C@@H]2C[C@@]1(C)O. The molecule has 94 valence electrons. The maximum absolute atomic E-state index is 10.7. The van der Waals surface area contributed by atoms with E-state index < -0.39 is 5.60 Å². The zero-order valence-electron chi connectivity index (χ0n) is 11.0. The first-order valence-electron chi connectivity index (χ1n) is 6.70. The Morgan fingerprint density at radius 3 is 2.25 bits per heavy atom. The van der Waals surface area contributed by atoms with Gasteiger partial charge in [-0.15, -0.1) is 0 Å². The van der Waals surface area contributed by atoms with E-state index in [1.807, 2.05) is 6.92 Å². The fourth-order valence-corrected chi connectivity index (χ4v) is 3.91. The predicted molar refractivity (Wildman–Crippen MR) is 65.3 cm³/mol. The van der Waals surface area contributed by atoms with Crippen molar-refractivity contribution in [1.82, 2.24) is 0 Å². The van der Waals surface area contributed by atoms with Crippen molar-refractivity contribution in [3.63, 3.8) is 0 Å². The van der Waals surface area contributed by atoms with Crippen LogP contribution < -0.4 is 0 Å². The monoisotopic (exact) mass is 226 g/mol. The second-order valence-corrected chi connectivity index (χ2v) is 6.48. The minimum absolute atomic E-state index is 0.0553. The molecule has 0 aromatic rings. The number of fused-ring (bicyclic) bond motifs is 1. The second kappa shape index (κ2) is 4.30. The van der Waals surface area contributed by atoms with Crippen molar-refractivity contribution in [2.75, 3.05) is 13.7 Å². The van der Waals surface area contributed by atoms with Crippen molar-refractivity contribution in [3.8, 4) is 0 Å². The highest BCUT2D eigenvalue weighted by Gasteiger charge is 2.51. The minimum atomic E-state index is -0.554. The molecule has 16 heavy (non-hydrogen) atoms. The molecule has 0 aromatic carbocycles. The highest BCUT2D eigenvalue weighted by Crippen LogP contribution is 2.52. The van der Waals surface area contributed by atoms with Gasteiger partial charge in [-0.05, 0) is 31.6 Å². The average molecular weight is 226 g/mol. The third-order valence-electron chi connectivity index (χ3n) is 5.20. The Bertz CT molecular complexity index is 249. The van der Waals surface area contributed by atoms with E-state index in [9.17, 15) is 5.11 Å². The Morgan fingerprint density at radius 1 is 1.12 bits per heavy atom. The van der Waals surface area contributed by atoms with Gasteiger partial charge in [0.2, 0.25) is 0 Å². The van der Waals surface area contributed by atoms with Gasteiger partial charge < -0.3 is 9.84 Å². The largest absolute Gasteiger partial charge is 0.390 e. The van der Waals surface area contributed by atoms with Gasteiger partial charge in [-0.25, -0.2) is 0 Å². The molecule has 0 heterocycles. The Hall–Kier alpha value is -0.0800. The maximum Gasteiger partial charge on any atom is 0.0697 e. The van der Waals surface area contributed by atoms with Crippen LogP contribution in [-0.4, -0.2) is 24.4 Å². The van der Waals surface area contributed by atoms with Crippen LogP contribution in [0.5, 0.6) is 0 Å². The fraction of sp³-hybridized carbons (Fsp3) is 1.00. The van der Waals surface area contributed by atoms with Crippen LogP contribution in [-0.2, 0) is 4.74 Å². The third kappa shape index (κ3) is 2.02. The summed E-state index contributed by atoms with van der Waals surface area (Å²) >= 11 is 0. The minimum Gasteiger partial charge on any atom is -0.390 e. The quantitative estimate of drug-likeness (QED) is 0.784. The molecule has 0 bridgehead atoms. The van der Waals surface area contributed by atoms with Crippen molar-refractivity contribution in [2.24, 2.45) is 17.3 Å². The van der Waals surface area contributed by atoms with Gasteiger partial charge in [-0.2, -0.15) is 0 Å². The van der Waals surface area contributed by atoms with Crippen molar-refractivity contribution in [3.05, 3.63) is 0 Å². The number of methoxy groups -OCH3 is 1. The van der Waals surface area contributed by atoms with Crippen LogP contribution in [0.1, 0.15) is 52.4 Å². The highest BCUT2D eigenvalue weighted by molar-refractivity contribution is 5.02. The normalized spacial score (nSPS) is 48.8. The van der Waals surface area contributed by atoms with Crippen molar-refractivity contribution in [1.29, 1.82) is 0 Å². The third-order valence-corrected chi connectivity index (χ3v) is 5.20. The van der Waals surface area contributed by atoms with Crippen LogP contribution in [0.25, 0.3) is 0 Å². The summed E-state index contributed by atoms with van der Waals surface area (Å²) in [6.45, 7) is 4.89. The molecule has 2 aliphatic carbocycles. The second-order valence-electron chi connectivity index (χ2n) is 6.48. The van der Waals surface area contributed by atoms with Gasteiger partial charge in [0.25, 0.3) is 0 Å². The summed E-state index contributed by atoms with van der Waals surface area (Å²) in [7, 11) is 1.74. The molecule has 2 heteroatoms. The van der Waals surface area contributed by atoms with E-state index in [-0.39, 0.29) is 5.41 Å². The summed E-state index contributed by atoms with van der Waals surface area (Å²) in [6.07, 6.45) is 7.53. The molecule has 1 N–H and O–H groups in total. The summed E-state index contributed by atoms with van der Waals surface area (Å²) < 4.78 is 5.34. The van der Waals surface area contributed by atoms with E-state index >= 15 is 0 Å². The molecule has 0 aromatic heterocycles. The van der Waals surface area contributed by atoms with Gasteiger partial charge in [0.05, 0.1) is 12.2 Å². The number of hydrogen-bond acceptors (Lipinski definition) is 2. The van der Waals surface area contributed by atoms with Crippen LogP contribution in [0.2, 0.25) is 0 Å². The van der Waals surface area contributed by atoms with Crippen LogP contribution in [0, 0.1) is 17.3 Å². The van der Waals surface area contributed by atoms with Gasteiger partial charge in [-0.3, -0.25) is 0 Å². The molecule has 2 saturated carbocycles. The molecule has 2 fully saturated rings. The molecular weight excluding hydrogens is 200 g/mol. The number of rotatable bonds is 2. The molecule has 0 unspecified atom stereocenters. The van der Waals surface area contributed by atoms with Crippen LogP contribution in [0.4, 0.5) is 0 Å². The highest BCUT2D eigenvalue weighted by atomic mass is 16.5. The molecular formula is C14H26O2.